The second-order valence-electron chi connectivity index (χ2n) is 4.32. The summed E-state index contributed by atoms with van der Waals surface area (Å²) in [6.07, 6.45) is 3.92. The fourth-order valence-corrected chi connectivity index (χ4v) is 2.40. The molecule has 1 aromatic rings. The van der Waals surface area contributed by atoms with E-state index in [1.165, 1.54) is 23.9 Å². The van der Waals surface area contributed by atoms with Crippen molar-refractivity contribution in [3.63, 3.8) is 0 Å². The SMILES string of the molecule is C/C=C/CC(NC(=O)CCSc1ccc(F)cc1)C(=O)O. The molecular formula is C15H18FNO3S. The first kappa shape index (κ1) is 17.2. The van der Waals surface area contributed by atoms with Crippen molar-refractivity contribution >= 4 is 23.6 Å². The number of rotatable bonds is 8. The summed E-state index contributed by atoms with van der Waals surface area (Å²) >= 11 is 1.42. The van der Waals surface area contributed by atoms with Crippen LogP contribution >= 0.6 is 11.8 Å². The summed E-state index contributed by atoms with van der Waals surface area (Å²) in [6, 6.07) is 5.11. The van der Waals surface area contributed by atoms with E-state index in [4.69, 9.17) is 5.11 Å². The lowest BCUT2D eigenvalue weighted by Gasteiger charge is -2.12. The van der Waals surface area contributed by atoms with E-state index < -0.39 is 12.0 Å². The Balaban J connectivity index is 2.35. The zero-order valence-corrected chi connectivity index (χ0v) is 12.5. The predicted molar refractivity (Wildman–Crippen MR) is 80.7 cm³/mol. The number of benzene rings is 1. The second-order valence-corrected chi connectivity index (χ2v) is 5.48. The van der Waals surface area contributed by atoms with E-state index >= 15 is 0 Å². The monoisotopic (exact) mass is 311 g/mol. The summed E-state index contributed by atoms with van der Waals surface area (Å²) in [4.78, 5) is 23.5. The topological polar surface area (TPSA) is 66.4 Å². The number of carboxylic acids is 1. The minimum absolute atomic E-state index is 0.210. The van der Waals surface area contributed by atoms with Gasteiger partial charge in [0, 0.05) is 17.1 Å². The molecule has 1 aromatic carbocycles. The van der Waals surface area contributed by atoms with Crippen molar-refractivity contribution < 1.29 is 19.1 Å². The predicted octanol–water partition coefficient (Wildman–Crippen LogP) is 2.84. The molecule has 1 atom stereocenters. The molecule has 4 nitrogen and oxygen atoms in total. The van der Waals surface area contributed by atoms with Crippen molar-refractivity contribution in [1.29, 1.82) is 0 Å². The smallest absolute Gasteiger partial charge is 0.326 e. The van der Waals surface area contributed by atoms with Gasteiger partial charge in [-0.2, -0.15) is 0 Å². The Morgan fingerprint density at radius 1 is 1.38 bits per heavy atom. The Kier molecular flexibility index (Phi) is 7.53. The molecule has 114 valence electrons. The summed E-state index contributed by atoms with van der Waals surface area (Å²) in [5, 5.41) is 11.5. The highest BCUT2D eigenvalue weighted by Gasteiger charge is 2.17. The van der Waals surface area contributed by atoms with Gasteiger partial charge in [-0.3, -0.25) is 4.79 Å². The largest absolute Gasteiger partial charge is 0.480 e. The van der Waals surface area contributed by atoms with E-state index in [0.29, 0.717) is 5.75 Å². The van der Waals surface area contributed by atoms with Gasteiger partial charge in [-0.25, -0.2) is 9.18 Å². The zero-order chi connectivity index (χ0) is 15.7. The molecule has 0 aliphatic carbocycles. The minimum Gasteiger partial charge on any atom is -0.480 e. The summed E-state index contributed by atoms with van der Waals surface area (Å²) in [5.74, 6) is -1.15. The Bertz CT molecular complexity index is 502. The number of carboxylic acid groups (broad SMARTS) is 1. The lowest BCUT2D eigenvalue weighted by atomic mass is 10.2. The standard InChI is InChI=1S/C15H18FNO3S/c1-2-3-4-13(15(19)20)17-14(18)9-10-21-12-7-5-11(16)6-8-12/h2-3,5-8,13H,4,9-10H2,1H3,(H,17,18)(H,19,20)/b3-2+. The van der Waals surface area contributed by atoms with Crippen LogP contribution in [0.1, 0.15) is 19.8 Å². The average Bonchev–Trinajstić information content (AvgIpc) is 2.45. The molecule has 0 radical (unpaired) electrons. The Labute approximate surface area is 127 Å². The number of allylic oxidation sites excluding steroid dienone is 1. The third kappa shape index (κ3) is 6.94. The molecule has 0 aliphatic heterocycles. The molecule has 6 heteroatoms. The number of amides is 1. The van der Waals surface area contributed by atoms with E-state index in [9.17, 15) is 14.0 Å². The highest BCUT2D eigenvalue weighted by Crippen LogP contribution is 2.18. The van der Waals surface area contributed by atoms with E-state index in [0.717, 1.165) is 4.90 Å². The van der Waals surface area contributed by atoms with Crippen LogP contribution in [-0.2, 0) is 9.59 Å². The van der Waals surface area contributed by atoms with Crippen LogP contribution in [0.25, 0.3) is 0 Å². The molecule has 0 saturated heterocycles. The fourth-order valence-electron chi connectivity index (χ4n) is 1.55. The van der Waals surface area contributed by atoms with E-state index in [1.54, 1.807) is 31.2 Å². The Hall–Kier alpha value is -1.82. The fraction of sp³-hybridized carbons (Fsp3) is 0.333. The van der Waals surface area contributed by atoms with Gasteiger partial charge in [0.25, 0.3) is 0 Å². The van der Waals surface area contributed by atoms with Crippen LogP contribution < -0.4 is 5.32 Å². The molecule has 1 amide bonds. The van der Waals surface area contributed by atoms with E-state index in [-0.39, 0.29) is 24.6 Å². The summed E-state index contributed by atoms with van der Waals surface area (Å²) < 4.78 is 12.7. The Morgan fingerprint density at radius 3 is 2.62 bits per heavy atom. The molecule has 2 N–H and O–H groups in total. The van der Waals surface area contributed by atoms with Gasteiger partial charge in [0.1, 0.15) is 11.9 Å². The highest BCUT2D eigenvalue weighted by atomic mass is 32.2. The van der Waals surface area contributed by atoms with Crippen LogP contribution in [0.15, 0.2) is 41.3 Å². The van der Waals surface area contributed by atoms with Crippen LogP contribution in [0, 0.1) is 5.82 Å². The van der Waals surface area contributed by atoms with Gasteiger partial charge in [0.2, 0.25) is 5.91 Å². The summed E-state index contributed by atoms with van der Waals surface area (Å²) in [6.45, 7) is 1.79. The number of aliphatic carboxylic acids is 1. The van der Waals surface area contributed by atoms with Crippen LogP contribution in [0.5, 0.6) is 0 Å². The lowest BCUT2D eigenvalue weighted by Crippen LogP contribution is -2.40. The van der Waals surface area contributed by atoms with Crippen molar-refractivity contribution in [1.82, 2.24) is 5.32 Å². The van der Waals surface area contributed by atoms with Gasteiger partial charge < -0.3 is 10.4 Å². The highest BCUT2D eigenvalue weighted by molar-refractivity contribution is 7.99. The van der Waals surface area contributed by atoms with E-state index in [2.05, 4.69) is 5.32 Å². The molecule has 0 bridgehead atoms. The maximum atomic E-state index is 12.7. The number of thioether (sulfide) groups is 1. The summed E-state index contributed by atoms with van der Waals surface area (Å²) in [5.41, 5.74) is 0. The molecule has 0 fully saturated rings. The van der Waals surface area contributed by atoms with Gasteiger partial charge in [-0.05, 0) is 37.6 Å². The molecule has 0 aromatic heterocycles. The minimum atomic E-state index is -1.05. The summed E-state index contributed by atoms with van der Waals surface area (Å²) in [7, 11) is 0. The van der Waals surface area contributed by atoms with Gasteiger partial charge in [-0.15, -0.1) is 11.8 Å². The third-order valence-electron chi connectivity index (χ3n) is 2.65. The number of carbonyl (C=O) groups excluding carboxylic acids is 1. The molecule has 0 aliphatic rings. The molecule has 21 heavy (non-hydrogen) atoms. The maximum Gasteiger partial charge on any atom is 0.326 e. The molecule has 0 heterocycles. The number of hydrogen-bond acceptors (Lipinski definition) is 3. The number of halogens is 1. The van der Waals surface area contributed by atoms with Crippen LogP contribution in [0.2, 0.25) is 0 Å². The van der Waals surface area contributed by atoms with Crippen molar-refractivity contribution in [3.05, 3.63) is 42.2 Å². The van der Waals surface area contributed by atoms with Gasteiger partial charge in [0.15, 0.2) is 0 Å². The number of hydrogen-bond donors (Lipinski definition) is 2. The van der Waals surface area contributed by atoms with Crippen molar-refractivity contribution in [2.45, 2.75) is 30.7 Å². The molecule has 1 unspecified atom stereocenters. The van der Waals surface area contributed by atoms with Crippen molar-refractivity contribution in [2.24, 2.45) is 0 Å². The second kappa shape index (κ2) is 9.18. The number of nitrogens with one attached hydrogen (secondary N) is 1. The van der Waals surface area contributed by atoms with Crippen LogP contribution in [0.4, 0.5) is 4.39 Å². The Morgan fingerprint density at radius 2 is 2.05 bits per heavy atom. The molecule has 0 saturated carbocycles. The maximum absolute atomic E-state index is 12.7. The lowest BCUT2D eigenvalue weighted by molar-refractivity contribution is -0.141. The van der Waals surface area contributed by atoms with Crippen molar-refractivity contribution in [3.8, 4) is 0 Å². The number of carbonyl (C=O) groups is 2. The molecule has 1 rings (SSSR count). The van der Waals surface area contributed by atoms with Gasteiger partial charge in [0.05, 0.1) is 0 Å². The van der Waals surface area contributed by atoms with Crippen molar-refractivity contribution in [2.75, 3.05) is 5.75 Å². The first-order chi connectivity index (χ1) is 10.0. The molecule has 0 spiro atoms. The van der Waals surface area contributed by atoms with Gasteiger partial charge in [-0.1, -0.05) is 12.2 Å². The normalized spacial score (nSPS) is 12.3. The first-order valence-electron chi connectivity index (χ1n) is 6.54. The van der Waals surface area contributed by atoms with E-state index in [1.807, 2.05) is 0 Å². The van der Waals surface area contributed by atoms with Crippen LogP contribution in [0.3, 0.4) is 0 Å². The average molecular weight is 311 g/mol. The third-order valence-corrected chi connectivity index (χ3v) is 3.67. The van der Waals surface area contributed by atoms with Gasteiger partial charge >= 0.3 is 5.97 Å². The molecular weight excluding hydrogens is 293 g/mol. The first-order valence-corrected chi connectivity index (χ1v) is 7.53. The zero-order valence-electron chi connectivity index (χ0n) is 11.7. The quantitative estimate of drug-likeness (QED) is 0.572. The van der Waals surface area contributed by atoms with Crippen LogP contribution in [-0.4, -0.2) is 28.8 Å².